The van der Waals surface area contributed by atoms with E-state index in [1.807, 2.05) is 0 Å². The number of hydrogen-bond acceptors (Lipinski definition) is 3. The van der Waals surface area contributed by atoms with Crippen LogP contribution in [0.1, 0.15) is 55.4 Å². The van der Waals surface area contributed by atoms with Gasteiger partial charge < -0.3 is 0 Å². The summed E-state index contributed by atoms with van der Waals surface area (Å²) in [6, 6.07) is 2.09. The van der Waals surface area contributed by atoms with Crippen LogP contribution in [0.2, 0.25) is 0 Å². The van der Waals surface area contributed by atoms with Crippen molar-refractivity contribution in [3.63, 3.8) is 0 Å². The van der Waals surface area contributed by atoms with Gasteiger partial charge in [-0.15, -0.1) is 0 Å². The van der Waals surface area contributed by atoms with E-state index < -0.39 is 0 Å². The van der Waals surface area contributed by atoms with Crippen LogP contribution in [0.3, 0.4) is 0 Å². The summed E-state index contributed by atoms with van der Waals surface area (Å²) in [5, 5.41) is 0. The predicted molar refractivity (Wildman–Crippen MR) is 87.2 cm³/mol. The van der Waals surface area contributed by atoms with Gasteiger partial charge in [-0.05, 0) is 55.4 Å². The van der Waals surface area contributed by atoms with Crippen molar-refractivity contribution >= 4 is 0 Å². The zero-order valence-corrected chi connectivity index (χ0v) is 14.9. The zero-order chi connectivity index (χ0) is 15.3. The van der Waals surface area contributed by atoms with Gasteiger partial charge in [0.2, 0.25) is 0 Å². The molecule has 0 aromatic rings. The molecule has 2 atom stereocenters. The van der Waals surface area contributed by atoms with Crippen molar-refractivity contribution in [3.8, 4) is 0 Å². The molecule has 2 saturated heterocycles. The third kappa shape index (κ3) is 3.20. The quantitative estimate of drug-likeness (QED) is 0.731. The fraction of sp³-hybridized carbons (Fsp3) is 1.00. The lowest BCUT2D eigenvalue weighted by molar-refractivity contribution is -0.0816. The minimum Gasteiger partial charge on any atom is -0.295 e. The summed E-state index contributed by atoms with van der Waals surface area (Å²) in [5.74, 6) is 0. The molecule has 0 bridgehead atoms. The Hall–Kier alpha value is -0.120. The van der Waals surface area contributed by atoms with E-state index in [9.17, 15) is 0 Å². The van der Waals surface area contributed by atoms with Crippen molar-refractivity contribution in [1.29, 1.82) is 0 Å². The van der Waals surface area contributed by atoms with Crippen molar-refractivity contribution in [2.75, 3.05) is 26.2 Å². The normalized spacial score (nSPS) is 32.4. The second-order valence-electron chi connectivity index (χ2n) is 8.96. The molecule has 2 rings (SSSR count). The first-order valence-corrected chi connectivity index (χ1v) is 8.27. The topological polar surface area (TPSA) is 9.72 Å². The molecule has 2 heterocycles. The Morgan fingerprint density at radius 2 is 1.15 bits per heavy atom. The van der Waals surface area contributed by atoms with E-state index in [2.05, 4.69) is 70.1 Å². The van der Waals surface area contributed by atoms with Gasteiger partial charge in [0, 0.05) is 55.4 Å². The van der Waals surface area contributed by atoms with E-state index in [0.29, 0.717) is 17.6 Å². The SMILES string of the molecule is CC1CN(C2CN(C(C)(C)C)C2)CC(C)N1C(C)(C)C. The van der Waals surface area contributed by atoms with E-state index in [1.165, 1.54) is 26.2 Å². The number of rotatable bonds is 1. The molecule has 2 aliphatic rings. The first kappa shape index (κ1) is 16.3. The van der Waals surface area contributed by atoms with Crippen LogP contribution in [0.5, 0.6) is 0 Å². The number of nitrogens with zero attached hydrogens (tertiary/aromatic N) is 3. The molecule has 0 amide bonds. The van der Waals surface area contributed by atoms with E-state index in [4.69, 9.17) is 0 Å². The molecule has 0 N–H and O–H groups in total. The lowest BCUT2D eigenvalue weighted by Crippen LogP contribution is -2.70. The van der Waals surface area contributed by atoms with Gasteiger partial charge in [0.15, 0.2) is 0 Å². The molecular formula is C17H35N3. The van der Waals surface area contributed by atoms with Crippen LogP contribution in [0.15, 0.2) is 0 Å². The summed E-state index contributed by atoms with van der Waals surface area (Å²) in [6.45, 7) is 23.8. The monoisotopic (exact) mass is 281 g/mol. The molecule has 0 aromatic heterocycles. The van der Waals surface area contributed by atoms with Crippen LogP contribution in [0, 0.1) is 0 Å². The highest BCUT2D eigenvalue weighted by Crippen LogP contribution is 2.30. The second-order valence-corrected chi connectivity index (χ2v) is 8.96. The first-order valence-electron chi connectivity index (χ1n) is 8.27. The van der Waals surface area contributed by atoms with E-state index >= 15 is 0 Å². The number of piperazine rings is 1. The van der Waals surface area contributed by atoms with Gasteiger partial charge in [-0.25, -0.2) is 0 Å². The molecule has 20 heavy (non-hydrogen) atoms. The van der Waals surface area contributed by atoms with Gasteiger partial charge in [-0.1, -0.05) is 0 Å². The fourth-order valence-corrected chi connectivity index (χ4v) is 4.22. The standard InChI is InChI=1S/C17H35N3/c1-13-9-18(10-14(2)20(13)17(6,7)8)15-11-19(12-15)16(3,4)5/h13-15H,9-12H2,1-8H3. The lowest BCUT2D eigenvalue weighted by Gasteiger charge is -2.57. The van der Waals surface area contributed by atoms with Crippen LogP contribution in [0.4, 0.5) is 0 Å². The molecule has 0 spiro atoms. The zero-order valence-electron chi connectivity index (χ0n) is 14.9. The highest BCUT2D eigenvalue weighted by molar-refractivity contribution is 4.99. The Bertz CT molecular complexity index is 321. The number of likely N-dealkylation sites (tertiary alicyclic amines) is 1. The highest BCUT2D eigenvalue weighted by Gasteiger charge is 2.43. The average molecular weight is 281 g/mol. The molecule has 118 valence electrons. The molecule has 3 heteroatoms. The third-order valence-electron chi connectivity index (χ3n) is 5.05. The van der Waals surface area contributed by atoms with Crippen LogP contribution in [0.25, 0.3) is 0 Å². The molecular weight excluding hydrogens is 246 g/mol. The Labute approximate surface area is 126 Å². The maximum absolute atomic E-state index is 2.74. The molecule has 0 aromatic carbocycles. The average Bonchev–Trinajstić information content (AvgIpc) is 2.07. The van der Waals surface area contributed by atoms with Gasteiger partial charge in [0.05, 0.1) is 0 Å². The molecule has 0 saturated carbocycles. The van der Waals surface area contributed by atoms with Crippen molar-refractivity contribution in [3.05, 3.63) is 0 Å². The van der Waals surface area contributed by atoms with Gasteiger partial charge in [0.25, 0.3) is 0 Å². The van der Waals surface area contributed by atoms with Crippen molar-refractivity contribution < 1.29 is 0 Å². The molecule has 2 unspecified atom stereocenters. The summed E-state index contributed by atoms with van der Waals surface area (Å²) in [5.41, 5.74) is 0.614. The van der Waals surface area contributed by atoms with Crippen molar-refractivity contribution in [1.82, 2.24) is 14.7 Å². The van der Waals surface area contributed by atoms with Gasteiger partial charge in [-0.2, -0.15) is 0 Å². The highest BCUT2D eigenvalue weighted by atomic mass is 15.4. The van der Waals surface area contributed by atoms with Gasteiger partial charge >= 0.3 is 0 Å². The Morgan fingerprint density at radius 3 is 1.50 bits per heavy atom. The maximum atomic E-state index is 2.74. The summed E-state index contributed by atoms with van der Waals surface area (Å²) in [7, 11) is 0. The van der Waals surface area contributed by atoms with E-state index in [-0.39, 0.29) is 5.54 Å². The second kappa shape index (κ2) is 5.26. The minimum absolute atomic E-state index is 0.280. The van der Waals surface area contributed by atoms with E-state index in [1.54, 1.807) is 0 Å². The van der Waals surface area contributed by atoms with Crippen LogP contribution in [-0.4, -0.2) is 70.1 Å². The summed E-state index contributed by atoms with van der Waals surface area (Å²) < 4.78 is 0. The third-order valence-corrected chi connectivity index (χ3v) is 5.05. The van der Waals surface area contributed by atoms with Crippen LogP contribution in [-0.2, 0) is 0 Å². The van der Waals surface area contributed by atoms with Crippen molar-refractivity contribution in [2.45, 2.75) is 84.6 Å². The molecule has 0 radical (unpaired) electrons. The Morgan fingerprint density at radius 1 is 0.700 bits per heavy atom. The predicted octanol–water partition coefficient (Wildman–Crippen LogP) is 2.66. The molecule has 2 aliphatic heterocycles. The molecule has 0 aliphatic carbocycles. The van der Waals surface area contributed by atoms with Crippen LogP contribution >= 0.6 is 0 Å². The fourth-order valence-electron chi connectivity index (χ4n) is 4.22. The Kier molecular flexibility index (Phi) is 4.27. The minimum atomic E-state index is 0.280. The lowest BCUT2D eigenvalue weighted by atomic mass is 9.92. The number of hydrogen-bond donors (Lipinski definition) is 0. The largest absolute Gasteiger partial charge is 0.295 e. The molecule has 2 fully saturated rings. The maximum Gasteiger partial charge on any atom is 0.0352 e. The van der Waals surface area contributed by atoms with Crippen molar-refractivity contribution in [2.24, 2.45) is 0 Å². The van der Waals surface area contributed by atoms with Gasteiger partial charge in [-0.3, -0.25) is 14.7 Å². The smallest absolute Gasteiger partial charge is 0.0352 e. The molecule has 3 nitrogen and oxygen atoms in total. The Balaban J connectivity index is 1.93. The van der Waals surface area contributed by atoms with Gasteiger partial charge in [0.1, 0.15) is 0 Å². The summed E-state index contributed by atoms with van der Waals surface area (Å²) in [4.78, 5) is 8.03. The van der Waals surface area contributed by atoms with Crippen LogP contribution < -0.4 is 0 Å². The summed E-state index contributed by atoms with van der Waals surface area (Å²) >= 11 is 0. The van der Waals surface area contributed by atoms with E-state index in [0.717, 1.165) is 6.04 Å². The first-order chi connectivity index (χ1) is 9.00. The summed E-state index contributed by atoms with van der Waals surface area (Å²) in [6.07, 6.45) is 0.